The van der Waals surface area contributed by atoms with Gasteiger partial charge in [-0.05, 0) is 71.1 Å². The van der Waals surface area contributed by atoms with Crippen molar-refractivity contribution in [2.75, 3.05) is 0 Å². The Morgan fingerprint density at radius 1 is 0.543 bits per heavy atom. The lowest BCUT2D eigenvalue weighted by Gasteiger charge is -2.08. The van der Waals surface area contributed by atoms with Crippen LogP contribution in [0.5, 0.6) is 0 Å². The molecule has 0 aliphatic heterocycles. The van der Waals surface area contributed by atoms with Gasteiger partial charge in [-0.15, -0.1) is 0 Å². The molecule has 0 saturated carbocycles. The van der Waals surface area contributed by atoms with E-state index in [1.165, 1.54) is 49.5 Å². The van der Waals surface area contributed by atoms with Gasteiger partial charge in [0.05, 0.1) is 17.6 Å². The highest BCUT2D eigenvalue weighted by Crippen LogP contribution is 2.37. The molecule has 0 spiro atoms. The molecule has 164 valence electrons. The summed E-state index contributed by atoms with van der Waals surface area (Å²) in [6, 6.07) is 38.5. The average molecular weight is 448 g/mol. The zero-order valence-corrected chi connectivity index (χ0v) is 19.2. The third-order valence-electron chi connectivity index (χ3n) is 7.14. The summed E-state index contributed by atoms with van der Waals surface area (Å²) in [5.41, 5.74) is 8.94. The van der Waals surface area contributed by atoms with Crippen LogP contribution in [0.1, 0.15) is 0 Å². The van der Waals surface area contributed by atoms with E-state index in [1.807, 2.05) is 18.2 Å². The smallest absolute Gasteiger partial charge is 0.188 e. The second kappa shape index (κ2) is 7.35. The minimum Gasteiger partial charge on any atom is -0.344 e. The standard InChI is InChI=1S/C32H21N3/c1-33-23-14-17-30-28(20-23)27-19-21(12-15-29(27)34(30)2)22-13-16-32-26(18-22)25-10-6-7-11-31(25)35(32)24-8-4-3-5-9-24/h3-20H,2H3. The third-order valence-corrected chi connectivity index (χ3v) is 7.14. The Hall–Kier alpha value is -4.81. The molecule has 2 aromatic heterocycles. The van der Waals surface area contributed by atoms with E-state index in [-0.39, 0.29) is 0 Å². The van der Waals surface area contributed by atoms with Crippen LogP contribution >= 0.6 is 0 Å². The predicted molar refractivity (Wildman–Crippen MR) is 146 cm³/mol. The van der Waals surface area contributed by atoms with Crippen molar-refractivity contribution in [1.29, 1.82) is 0 Å². The van der Waals surface area contributed by atoms with Crippen LogP contribution in [0.2, 0.25) is 0 Å². The molecule has 2 heterocycles. The molecule has 3 nitrogen and oxygen atoms in total. The molecule has 0 fully saturated rings. The largest absolute Gasteiger partial charge is 0.344 e. The molecule has 5 aromatic carbocycles. The Morgan fingerprint density at radius 3 is 1.86 bits per heavy atom. The van der Waals surface area contributed by atoms with E-state index in [9.17, 15) is 0 Å². The van der Waals surface area contributed by atoms with Gasteiger partial charge < -0.3 is 9.13 Å². The first-order valence-corrected chi connectivity index (χ1v) is 11.7. The quantitative estimate of drug-likeness (QED) is 0.236. The van der Waals surface area contributed by atoms with E-state index in [0.717, 1.165) is 10.9 Å². The van der Waals surface area contributed by atoms with E-state index in [4.69, 9.17) is 6.57 Å². The van der Waals surface area contributed by atoms with Crippen molar-refractivity contribution in [2.24, 2.45) is 7.05 Å². The molecule has 0 radical (unpaired) electrons. The van der Waals surface area contributed by atoms with Crippen LogP contribution < -0.4 is 0 Å². The number of nitrogens with zero attached hydrogens (tertiary/aromatic N) is 3. The van der Waals surface area contributed by atoms with Gasteiger partial charge in [0, 0.05) is 39.9 Å². The number of benzene rings is 5. The number of hydrogen-bond donors (Lipinski definition) is 0. The second-order valence-corrected chi connectivity index (χ2v) is 9.02. The van der Waals surface area contributed by atoms with Crippen molar-refractivity contribution in [1.82, 2.24) is 9.13 Å². The number of hydrogen-bond acceptors (Lipinski definition) is 0. The summed E-state index contributed by atoms with van der Waals surface area (Å²) >= 11 is 0. The molecule has 0 amide bonds. The highest BCUT2D eigenvalue weighted by Gasteiger charge is 2.14. The highest BCUT2D eigenvalue weighted by molar-refractivity contribution is 6.12. The van der Waals surface area contributed by atoms with Crippen molar-refractivity contribution in [3.63, 3.8) is 0 Å². The summed E-state index contributed by atoms with van der Waals surface area (Å²) < 4.78 is 4.55. The van der Waals surface area contributed by atoms with Crippen LogP contribution in [0.4, 0.5) is 5.69 Å². The summed E-state index contributed by atoms with van der Waals surface area (Å²) in [4.78, 5) is 3.65. The first kappa shape index (κ1) is 19.6. The second-order valence-electron chi connectivity index (χ2n) is 9.02. The number of rotatable bonds is 2. The Morgan fingerprint density at radius 2 is 1.11 bits per heavy atom. The number of fused-ring (bicyclic) bond motifs is 6. The fourth-order valence-corrected chi connectivity index (χ4v) is 5.46. The Bertz CT molecular complexity index is 1960. The minimum atomic E-state index is 0.672. The Kier molecular flexibility index (Phi) is 4.12. The van der Waals surface area contributed by atoms with Crippen LogP contribution in [-0.2, 0) is 7.05 Å². The zero-order chi connectivity index (χ0) is 23.5. The molecule has 7 aromatic rings. The molecule has 0 aliphatic rings. The van der Waals surface area contributed by atoms with E-state index in [1.54, 1.807) is 0 Å². The molecular formula is C32H21N3. The number of aryl methyl sites for hydroxylation is 1. The highest BCUT2D eigenvalue weighted by atomic mass is 15.0. The molecule has 7 rings (SSSR count). The van der Waals surface area contributed by atoms with E-state index in [2.05, 4.69) is 112 Å². The van der Waals surface area contributed by atoms with Gasteiger partial charge >= 0.3 is 0 Å². The van der Waals surface area contributed by atoms with Gasteiger partial charge in [-0.2, -0.15) is 0 Å². The molecule has 35 heavy (non-hydrogen) atoms. The lowest BCUT2D eigenvalue weighted by Crippen LogP contribution is -1.92. The van der Waals surface area contributed by atoms with E-state index < -0.39 is 0 Å². The topological polar surface area (TPSA) is 14.2 Å². The summed E-state index contributed by atoms with van der Waals surface area (Å²) in [5, 5.41) is 4.80. The average Bonchev–Trinajstić information content (AvgIpc) is 3.40. The van der Waals surface area contributed by atoms with Crippen LogP contribution in [-0.4, -0.2) is 9.13 Å². The van der Waals surface area contributed by atoms with Crippen LogP contribution in [0.3, 0.4) is 0 Å². The van der Waals surface area contributed by atoms with E-state index in [0.29, 0.717) is 5.69 Å². The molecule has 0 atom stereocenters. The maximum absolute atomic E-state index is 7.43. The van der Waals surface area contributed by atoms with Crippen LogP contribution in [0.25, 0.3) is 65.3 Å². The van der Waals surface area contributed by atoms with Gasteiger partial charge in [-0.1, -0.05) is 54.6 Å². The van der Waals surface area contributed by atoms with Crippen molar-refractivity contribution < 1.29 is 0 Å². The lowest BCUT2D eigenvalue weighted by atomic mass is 10.0. The summed E-state index contributed by atoms with van der Waals surface area (Å²) in [7, 11) is 2.09. The van der Waals surface area contributed by atoms with Gasteiger partial charge in [0.1, 0.15) is 0 Å². The van der Waals surface area contributed by atoms with Crippen LogP contribution in [0.15, 0.2) is 109 Å². The molecule has 3 heteroatoms. The molecule has 0 bridgehead atoms. The molecule has 0 unspecified atom stereocenters. The fraction of sp³-hybridized carbons (Fsp3) is 0.0312. The van der Waals surface area contributed by atoms with Crippen molar-refractivity contribution >= 4 is 49.3 Å². The van der Waals surface area contributed by atoms with E-state index >= 15 is 0 Å². The van der Waals surface area contributed by atoms with Gasteiger partial charge in [0.2, 0.25) is 0 Å². The van der Waals surface area contributed by atoms with Crippen LogP contribution in [0, 0.1) is 6.57 Å². The fourth-order valence-electron chi connectivity index (χ4n) is 5.46. The molecular weight excluding hydrogens is 426 g/mol. The number of para-hydroxylation sites is 2. The normalized spacial score (nSPS) is 11.5. The molecule has 0 N–H and O–H groups in total. The first-order chi connectivity index (χ1) is 17.2. The lowest BCUT2D eigenvalue weighted by molar-refractivity contribution is 1.01. The van der Waals surface area contributed by atoms with Crippen molar-refractivity contribution in [2.45, 2.75) is 0 Å². The first-order valence-electron chi connectivity index (χ1n) is 11.7. The minimum absolute atomic E-state index is 0.672. The maximum atomic E-state index is 7.43. The Labute approximate surface area is 202 Å². The predicted octanol–water partition coefficient (Wildman–Crippen LogP) is 8.65. The zero-order valence-electron chi connectivity index (χ0n) is 19.2. The van der Waals surface area contributed by atoms with Crippen molar-refractivity contribution in [3.05, 3.63) is 121 Å². The maximum Gasteiger partial charge on any atom is 0.188 e. The van der Waals surface area contributed by atoms with Gasteiger partial charge in [-0.25, -0.2) is 4.85 Å². The monoisotopic (exact) mass is 447 g/mol. The summed E-state index contributed by atoms with van der Waals surface area (Å²) in [6.07, 6.45) is 0. The summed E-state index contributed by atoms with van der Waals surface area (Å²) in [5.74, 6) is 0. The SMILES string of the molecule is [C-]#[N+]c1ccc2c(c1)c1cc(-c3ccc4c(c3)c3ccccc3n4-c3ccccc3)ccc1n2C. The van der Waals surface area contributed by atoms with Crippen molar-refractivity contribution in [3.8, 4) is 16.8 Å². The summed E-state index contributed by atoms with van der Waals surface area (Å²) in [6.45, 7) is 7.43. The molecule has 0 aliphatic carbocycles. The molecule has 0 saturated heterocycles. The third kappa shape index (κ3) is 2.84. The van der Waals surface area contributed by atoms with Gasteiger partial charge in [0.25, 0.3) is 0 Å². The van der Waals surface area contributed by atoms with Gasteiger partial charge in [0.15, 0.2) is 5.69 Å². The number of aromatic nitrogens is 2. The van der Waals surface area contributed by atoms with Gasteiger partial charge in [-0.3, -0.25) is 0 Å². The Balaban J connectivity index is 1.48.